The topological polar surface area (TPSA) is 33.7 Å². The molecule has 0 spiro atoms. The van der Waals surface area contributed by atoms with Gasteiger partial charge in [-0.2, -0.15) is 0 Å². The Balaban J connectivity index is 1.56. The summed E-state index contributed by atoms with van der Waals surface area (Å²) in [5, 5.41) is 3.76. The van der Waals surface area contributed by atoms with Gasteiger partial charge in [0.2, 0.25) is 0 Å². The van der Waals surface area contributed by atoms with Gasteiger partial charge in [0, 0.05) is 25.7 Å². The zero-order chi connectivity index (χ0) is 22.5. The molecule has 0 aromatic heterocycles. The molecule has 1 N–H and O–H groups in total. The van der Waals surface area contributed by atoms with Gasteiger partial charge in [-0.05, 0) is 54.9 Å². The predicted molar refractivity (Wildman–Crippen MR) is 132 cm³/mol. The van der Waals surface area contributed by atoms with Crippen LogP contribution in [0.4, 0.5) is 0 Å². The molecular weight excluding hydrogens is 400 g/mol. The second-order valence-electron chi connectivity index (χ2n) is 10.2. The standard InChI is InChI=1S/C26H40N2O2Si/c1-26(2,3)31(5,6)30-24-15-16-28(18-24)19-25(27-4)22-13-10-14-23(17-22)29-20-21-11-8-7-9-12-21/h7-14,17,24-25,27H,15-16,18-20H2,1-6H3. The lowest BCUT2D eigenvalue weighted by atomic mass is 10.1. The Labute approximate surface area is 190 Å². The quantitative estimate of drug-likeness (QED) is 0.513. The van der Waals surface area contributed by atoms with E-state index in [1.807, 2.05) is 31.3 Å². The smallest absolute Gasteiger partial charge is 0.192 e. The summed E-state index contributed by atoms with van der Waals surface area (Å²) in [6, 6.07) is 19.1. The Hall–Kier alpha value is -1.66. The molecule has 0 radical (unpaired) electrons. The lowest BCUT2D eigenvalue weighted by Gasteiger charge is -2.38. The average molecular weight is 441 g/mol. The highest BCUT2D eigenvalue weighted by Gasteiger charge is 2.40. The van der Waals surface area contributed by atoms with Gasteiger partial charge in [0.15, 0.2) is 8.32 Å². The van der Waals surface area contributed by atoms with Crippen molar-refractivity contribution in [2.75, 3.05) is 26.7 Å². The summed E-state index contributed by atoms with van der Waals surface area (Å²) in [6.07, 6.45) is 1.49. The molecule has 4 nitrogen and oxygen atoms in total. The third-order valence-electron chi connectivity index (χ3n) is 6.79. The molecule has 1 saturated heterocycles. The van der Waals surface area contributed by atoms with Crippen LogP contribution in [0.3, 0.4) is 0 Å². The summed E-state index contributed by atoms with van der Waals surface area (Å²) in [5.74, 6) is 0.919. The maximum Gasteiger partial charge on any atom is 0.192 e. The Bertz CT molecular complexity index is 820. The van der Waals surface area contributed by atoms with Crippen molar-refractivity contribution in [3.05, 3.63) is 65.7 Å². The van der Waals surface area contributed by atoms with Crippen LogP contribution in [0, 0.1) is 0 Å². The normalized spacial score (nSPS) is 18.8. The highest BCUT2D eigenvalue weighted by atomic mass is 28.4. The summed E-state index contributed by atoms with van der Waals surface area (Å²) >= 11 is 0. The molecule has 0 amide bonds. The molecule has 2 atom stereocenters. The Morgan fingerprint density at radius 3 is 2.52 bits per heavy atom. The molecule has 1 aliphatic rings. The number of hydrogen-bond acceptors (Lipinski definition) is 4. The Morgan fingerprint density at radius 2 is 1.84 bits per heavy atom. The van der Waals surface area contributed by atoms with Crippen LogP contribution in [0.2, 0.25) is 18.1 Å². The lowest BCUT2D eigenvalue weighted by molar-refractivity contribution is 0.177. The van der Waals surface area contributed by atoms with Crippen molar-refractivity contribution in [2.24, 2.45) is 0 Å². The Morgan fingerprint density at radius 1 is 1.10 bits per heavy atom. The molecule has 31 heavy (non-hydrogen) atoms. The maximum atomic E-state index is 6.66. The zero-order valence-electron chi connectivity index (χ0n) is 20.2. The first-order chi connectivity index (χ1) is 14.7. The van der Waals surface area contributed by atoms with Crippen LogP contribution in [0.1, 0.15) is 44.4 Å². The van der Waals surface area contributed by atoms with Crippen LogP contribution >= 0.6 is 0 Å². The summed E-state index contributed by atoms with van der Waals surface area (Å²) in [4.78, 5) is 2.54. The van der Waals surface area contributed by atoms with Crippen LogP contribution in [0.25, 0.3) is 0 Å². The molecule has 2 unspecified atom stereocenters. The maximum absolute atomic E-state index is 6.66. The van der Waals surface area contributed by atoms with Crippen LogP contribution in [0.15, 0.2) is 54.6 Å². The highest BCUT2D eigenvalue weighted by molar-refractivity contribution is 6.74. The van der Waals surface area contributed by atoms with Crippen molar-refractivity contribution in [1.29, 1.82) is 0 Å². The van der Waals surface area contributed by atoms with E-state index in [9.17, 15) is 0 Å². The summed E-state index contributed by atoms with van der Waals surface area (Å²) in [5.41, 5.74) is 2.45. The van der Waals surface area contributed by atoms with Crippen molar-refractivity contribution in [2.45, 2.75) is 64.1 Å². The Kier molecular flexibility index (Phi) is 7.97. The summed E-state index contributed by atoms with van der Waals surface area (Å²) in [6.45, 7) is 15.3. The fourth-order valence-electron chi connectivity index (χ4n) is 3.84. The van der Waals surface area contributed by atoms with Crippen LogP contribution < -0.4 is 10.1 Å². The third kappa shape index (κ3) is 6.66. The van der Waals surface area contributed by atoms with Gasteiger partial charge in [0.1, 0.15) is 12.4 Å². The lowest BCUT2D eigenvalue weighted by Crippen LogP contribution is -2.44. The first-order valence-corrected chi connectivity index (χ1v) is 14.4. The molecular formula is C26H40N2O2Si. The van der Waals surface area contributed by atoms with Crippen LogP contribution in [-0.4, -0.2) is 46.0 Å². The second kappa shape index (κ2) is 10.3. The van der Waals surface area contributed by atoms with Crippen LogP contribution in [0.5, 0.6) is 5.75 Å². The van der Waals surface area contributed by atoms with E-state index in [0.29, 0.717) is 12.7 Å². The van der Waals surface area contributed by atoms with E-state index in [1.54, 1.807) is 0 Å². The molecule has 170 valence electrons. The van der Waals surface area contributed by atoms with Crippen LogP contribution in [-0.2, 0) is 11.0 Å². The fraction of sp³-hybridized carbons (Fsp3) is 0.538. The number of hydrogen-bond donors (Lipinski definition) is 1. The van der Waals surface area contributed by atoms with Gasteiger partial charge in [-0.15, -0.1) is 0 Å². The number of nitrogens with one attached hydrogen (secondary N) is 1. The van der Waals surface area contributed by atoms with E-state index in [-0.39, 0.29) is 11.1 Å². The number of likely N-dealkylation sites (N-methyl/N-ethyl adjacent to an activating group) is 1. The molecule has 0 aliphatic carbocycles. The fourth-order valence-corrected chi connectivity index (χ4v) is 5.22. The van der Waals surface area contributed by atoms with E-state index < -0.39 is 8.32 Å². The monoisotopic (exact) mass is 440 g/mol. The minimum Gasteiger partial charge on any atom is -0.489 e. The SMILES string of the molecule is CNC(CN1CCC(O[Si](C)(C)C(C)(C)C)C1)c1cccc(OCc2ccccc2)c1. The number of benzene rings is 2. The number of rotatable bonds is 9. The molecule has 5 heteroatoms. The largest absolute Gasteiger partial charge is 0.489 e. The third-order valence-corrected chi connectivity index (χ3v) is 11.3. The molecule has 0 saturated carbocycles. The number of nitrogens with zero attached hydrogens (tertiary/aromatic N) is 1. The number of likely N-dealkylation sites (tertiary alicyclic amines) is 1. The molecule has 2 aromatic rings. The highest BCUT2D eigenvalue weighted by Crippen LogP contribution is 2.38. The van der Waals surface area contributed by atoms with Gasteiger partial charge < -0.3 is 14.5 Å². The molecule has 2 aromatic carbocycles. The second-order valence-corrected chi connectivity index (χ2v) is 15.0. The van der Waals surface area contributed by atoms with Crippen molar-refractivity contribution in [3.8, 4) is 5.75 Å². The van der Waals surface area contributed by atoms with Gasteiger partial charge in [-0.1, -0.05) is 63.2 Å². The van der Waals surface area contributed by atoms with E-state index >= 15 is 0 Å². The van der Waals surface area contributed by atoms with Gasteiger partial charge in [0.25, 0.3) is 0 Å². The minimum atomic E-state index is -1.72. The molecule has 1 heterocycles. The van der Waals surface area contributed by atoms with Gasteiger partial charge in [-0.25, -0.2) is 0 Å². The summed E-state index contributed by atoms with van der Waals surface area (Å²) < 4.78 is 12.7. The predicted octanol–water partition coefficient (Wildman–Crippen LogP) is 5.62. The van der Waals surface area contributed by atoms with Gasteiger partial charge in [-0.3, -0.25) is 4.90 Å². The molecule has 1 fully saturated rings. The van der Waals surface area contributed by atoms with E-state index in [0.717, 1.165) is 31.8 Å². The first-order valence-electron chi connectivity index (χ1n) is 11.5. The van der Waals surface area contributed by atoms with E-state index in [1.165, 1.54) is 11.1 Å². The zero-order valence-corrected chi connectivity index (χ0v) is 21.2. The molecule has 3 rings (SSSR count). The molecule has 1 aliphatic heterocycles. The number of ether oxygens (including phenoxy) is 1. The van der Waals surface area contributed by atoms with Crippen molar-refractivity contribution < 1.29 is 9.16 Å². The first kappa shape index (κ1) is 24.0. The average Bonchev–Trinajstić information content (AvgIpc) is 3.17. The van der Waals surface area contributed by atoms with Crippen molar-refractivity contribution in [3.63, 3.8) is 0 Å². The van der Waals surface area contributed by atoms with E-state index in [2.05, 4.69) is 74.4 Å². The van der Waals surface area contributed by atoms with Crippen molar-refractivity contribution >= 4 is 8.32 Å². The molecule has 0 bridgehead atoms. The minimum absolute atomic E-state index is 0.258. The van der Waals surface area contributed by atoms with E-state index in [4.69, 9.17) is 9.16 Å². The van der Waals surface area contributed by atoms with Gasteiger partial charge in [0.05, 0.1) is 6.10 Å². The summed E-state index contributed by atoms with van der Waals surface area (Å²) in [7, 11) is 0.328. The van der Waals surface area contributed by atoms with Crippen molar-refractivity contribution in [1.82, 2.24) is 10.2 Å². The van der Waals surface area contributed by atoms with Gasteiger partial charge >= 0.3 is 0 Å².